The lowest BCUT2D eigenvalue weighted by molar-refractivity contribution is 0.426. The maximum atomic E-state index is 9.86. The molecule has 0 atom stereocenters. The molecule has 3 N–H and O–H groups in total. The molecule has 3 rings (SSSR count). The molecule has 1 aliphatic rings. The maximum absolute atomic E-state index is 9.86. The van der Waals surface area contributed by atoms with E-state index in [-0.39, 0.29) is 22.8 Å². The van der Waals surface area contributed by atoms with E-state index in [1.165, 1.54) is 48.9 Å². The van der Waals surface area contributed by atoms with Gasteiger partial charge in [0.05, 0.1) is 23.5 Å². The van der Waals surface area contributed by atoms with Crippen molar-refractivity contribution in [2.45, 2.75) is 45.1 Å². The van der Waals surface area contributed by atoms with Gasteiger partial charge in [-0.1, -0.05) is 19.3 Å². The van der Waals surface area contributed by atoms with E-state index in [1.54, 1.807) is 4.68 Å². The fraction of sp³-hybridized carbons (Fsp3) is 0.412. The van der Waals surface area contributed by atoms with Crippen LogP contribution in [0.4, 0.5) is 0 Å². The van der Waals surface area contributed by atoms with Gasteiger partial charge >= 0.3 is 0 Å². The van der Waals surface area contributed by atoms with Gasteiger partial charge in [0, 0.05) is 17.5 Å². The molecule has 24 heavy (non-hydrogen) atoms. The minimum atomic E-state index is -0.226. The van der Waals surface area contributed by atoms with Crippen LogP contribution in [0.2, 0.25) is 0 Å². The molecule has 0 bridgehead atoms. The maximum Gasteiger partial charge on any atom is 0.206 e. The largest absolute Gasteiger partial charge is 0.508 e. The monoisotopic (exact) mass is 347 g/mol. The normalized spacial score (nSPS) is 17.0. The lowest BCUT2D eigenvalue weighted by Crippen LogP contribution is -2.19. The van der Waals surface area contributed by atoms with E-state index < -0.39 is 0 Å². The Bertz CT molecular complexity index is 794. The van der Waals surface area contributed by atoms with Gasteiger partial charge in [-0.3, -0.25) is 4.99 Å². The zero-order chi connectivity index (χ0) is 17.1. The Balaban J connectivity index is 1.93. The molecule has 0 radical (unpaired) electrons. The van der Waals surface area contributed by atoms with Crippen LogP contribution in [0.3, 0.4) is 0 Å². The summed E-state index contributed by atoms with van der Waals surface area (Å²) in [5.74, 6) is -0.652. The molecule has 0 spiro atoms. The van der Waals surface area contributed by atoms with Crippen molar-refractivity contribution in [1.29, 1.82) is 0 Å². The fourth-order valence-electron chi connectivity index (χ4n) is 2.84. The second-order valence-electron chi connectivity index (χ2n) is 6.03. The van der Waals surface area contributed by atoms with E-state index >= 15 is 0 Å². The second kappa shape index (κ2) is 7.09. The van der Waals surface area contributed by atoms with Crippen LogP contribution in [0.25, 0.3) is 0 Å². The van der Waals surface area contributed by atoms with E-state index in [0.29, 0.717) is 6.04 Å². The van der Waals surface area contributed by atoms with Gasteiger partial charge in [-0.25, -0.2) is 4.68 Å². The lowest BCUT2D eigenvalue weighted by Gasteiger charge is -2.16. The highest BCUT2D eigenvalue weighted by atomic mass is 32.1. The lowest BCUT2D eigenvalue weighted by atomic mass is 9.96. The van der Waals surface area contributed by atoms with E-state index in [9.17, 15) is 15.3 Å². The number of benzene rings is 1. The van der Waals surface area contributed by atoms with E-state index in [0.717, 1.165) is 23.3 Å². The molecule has 1 aromatic heterocycles. The Morgan fingerprint density at radius 1 is 1.12 bits per heavy atom. The Morgan fingerprint density at radius 3 is 2.46 bits per heavy atom. The zero-order valence-electron chi connectivity index (χ0n) is 13.5. The fourth-order valence-corrected chi connectivity index (χ4v) is 3.71. The van der Waals surface area contributed by atoms with E-state index in [1.807, 2.05) is 12.3 Å². The van der Waals surface area contributed by atoms with Gasteiger partial charge in [-0.2, -0.15) is 5.10 Å². The van der Waals surface area contributed by atoms with Crippen LogP contribution in [0, 0.1) is 6.92 Å². The highest BCUT2D eigenvalue weighted by molar-refractivity contribution is 7.07. The SMILES string of the molecule is Cc1cs/c(=N\C2CCCCC2)n1/N=C/c1c(O)cc(O)cc1O. The number of aryl methyl sites for hydroxylation is 1. The van der Waals surface area contributed by atoms with Gasteiger partial charge in [0.1, 0.15) is 17.2 Å². The van der Waals surface area contributed by atoms with Crippen LogP contribution in [0.15, 0.2) is 27.6 Å². The van der Waals surface area contributed by atoms with Crippen LogP contribution in [0.1, 0.15) is 43.4 Å². The summed E-state index contributed by atoms with van der Waals surface area (Å²) in [5, 5.41) is 35.4. The minimum Gasteiger partial charge on any atom is -0.508 e. The molecular formula is C17H21N3O3S. The number of aromatic nitrogens is 1. The van der Waals surface area contributed by atoms with Crippen molar-refractivity contribution >= 4 is 17.6 Å². The molecule has 0 unspecified atom stereocenters. The summed E-state index contributed by atoms with van der Waals surface area (Å²) in [5.41, 5.74) is 1.10. The molecule has 0 amide bonds. The minimum absolute atomic E-state index is 0.162. The number of phenolic OH excluding ortho intramolecular Hbond substituents is 3. The number of phenols is 3. The molecule has 1 aliphatic carbocycles. The third kappa shape index (κ3) is 3.62. The standard InChI is InChI=1S/C17H21N3O3S/c1-11-10-24-17(19-12-5-3-2-4-6-12)20(11)18-9-14-15(22)7-13(21)8-16(14)23/h7-10,12,21-23H,2-6H2,1H3/b18-9+,19-17-. The van der Waals surface area contributed by atoms with Gasteiger partial charge in [-0.05, 0) is 19.8 Å². The van der Waals surface area contributed by atoms with Crippen molar-refractivity contribution in [3.8, 4) is 17.2 Å². The molecule has 1 saturated carbocycles. The topological polar surface area (TPSA) is 90.3 Å². The molecule has 1 fully saturated rings. The molecule has 2 aromatic rings. The number of nitrogens with zero attached hydrogens (tertiary/aromatic N) is 3. The molecule has 0 aliphatic heterocycles. The predicted octanol–water partition coefficient (Wildman–Crippen LogP) is 3.09. The summed E-state index contributed by atoms with van der Waals surface area (Å²) in [7, 11) is 0. The first-order chi connectivity index (χ1) is 11.5. The second-order valence-corrected chi connectivity index (χ2v) is 6.87. The number of rotatable bonds is 3. The predicted molar refractivity (Wildman–Crippen MR) is 93.9 cm³/mol. The summed E-state index contributed by atoms with van der Waals surface area (Å²) in [4.78, 5) is 5.63. The van der Waals surface area contributed by atoms with Gasteiger partial charge in [-0.15, -0.1) is 11.3 Å². The molecule has 1 aromatic carbocycles. The smallest absolute Gasteiger partial charge is 0.206 e. The van der Waals surface area contributed by atoms with Gasteiger partial charge < -0.3 is 15.3 Å². The summed E-state index contributed by atoms with van der Waals surface area (Å²) in [6.07, 6.45) is 7.32. The first-order valence-electron chi connectivity index (χ1n) is 8.05. The number of aromatic hydroxyl groups is 3. The molecule has 0 saturated heterocycles. The average molecular weight is 347 g/mol. The van der Waals surface area contributed by atoms with Crippen molar-refractivity contribution < 1.29 is 15.3 Å². The van der Waals surface area contributed by atoms with Gasteiger partial charge in [0.2, 0.25) is 4.80 Å². The number of hydrogen-bond acceptors (Lipinski definition) is 6. The zero-order valence-corrected chi connectivity index (χ0v) is 14.3. The molecule has 6 nitrogen and oxygen atoms in total. The van der Waals surface area contributed by atoms with E-state index in [2.05, 4.69) is 5.10 Å². The van der Waals surface area contributed by atoms with Crippen LogP contribution in [0.5, 0.6) is 17.2 Å². The van der Waals surface area contributed by atoms with Crippen LogP contribution in [-0.4, -0.2) is 32.3 Å². The molecule has 128 valence electrons. The Kier molecular flexibility index (Phi) is 4.89. The summed E-state index contributed by atoms with van der Waals surface area (Å²) < 4.78 is 1.71. The molecule has 7 heteroatoms. The van der Waals surface area contributed by atoms with Crippen LogP contribution in [-0.2, 0) is 0 Å². The van der Waals surface area contributed by atoms with Gasteiger partial charge in [0.25, 0.3) is 0 Å². The number of hydrogen-bond donors (Lipinski definition) is 3. The van der Waals surface area contributed by atoms with Crippen molar-refractivity contribution in [3.63, 3.8) is 0 Å². The van der Waals surface area contributed by atoms with Crippen molar-refractivity contribution in [2.75, 3.05) is 0 Å². The highest BCUT2D eigenvalue weighted by Gasteiger charge is 2.13. The average Bonchev–Trinajstić information content (AvgIpc) is 2.88. The Hall–Kier alpha value is -2.28. The Labute approximate surface area is 144 Å². The summed E-state index contributed by atoms with van der Waals surface area (Å²) in [6.45, 7) is 1.93. The van der Waals surface area contributed by atoms with Crippen molar-refractivity contribution in [2.24, 2.45) is 10.1 Å². The molecule has 1 heterocycles. The van der Waals surface area contributed by atoms with Crippen molar-refractivity contribution in [3.05, 3.63) is 33.6 Å². The first kappa shape index (κ1) is 16.6. The third-order valence-electron chi connectivity index (χ3n) is 4.14. The summed E-state index contributed by atoms with van der Waals surface area (Å²) in [6, 6.07) is 2.67. The summed E-state index contributed by atoms with van der Waals surface area (Å²) >= 11 is 1.53. The van der Waals surface area contributed by atoms with Gasteiger partial charge in [0.15, 0.2) is 0 Å². The quantitative estimate of drug-likeness (QED) is 0.745. The van der Waals surface area contributed by atoms with Crippen LogP contribution >= 0.6 is 11.3 Å². The first-order valence-corrected chi connectivity index (χ1v) is 8.93. The third-order valence-corrected chi connectivity index (χ3v) is 5.09. The van der Waals surface area contributed by atoms with Crippen molar-refractivity contribution in [1.82, 2.24) is 4.68 Å². The Morgan fingerprint density at radius 2 is 1.79 bits per heavy atom. The number of thiazole rings is 1. The molecular weight excluding hydrogens is 326 g/mol. The van der Waals surface area contributed by atoms with E-state index in [4.69, 9.17) is 4.99 Å². The van der Waals surface area contributed by atoms with Crippen LogP contribution < -0.4 is 4.80 Å². The highest BCUT2D eigenvalue weighted by Crippen LogP contribution is 2.30.